The van der Waals surface area contributed by atoms with Gasteiger partial charge in [-0.1, -0.05) is 42.5 Å². The van der Waals surface area contributed by atoms with Gasteiger partial charge in [0.05, 0.1) is 0 Å². The Labute approximate surface area is 178 Å². The number of amides is 2. The third-order valence-electron chi connectivity index (χ3n) is 3.97. The Hall–Kier alpha value is -2.12. The third kappa shape index (κ3) is 8.27. The van der Waals surface area contributed by atoms with Crippen LogP contribution in [0.15, 0.2) is 54.6 Å². The highest BCUT2D eigenvalue weighted by atomic mass is 35.5. The maximum absolute atomic E-state index is 12.2. The van der Waals surface area contributed by atoms with Crippen LogP contribution in [-0.4, -0.2) is 43.9 Å². The second kappa shape index (κ2) is 13.1. The van der Waals surface area contributed by atoms with Crippen LogP contribution in [0.5, 0.6) is 0 Å². The summed E-state index contributed by atoms with van der Waals surface area (Å²) in [4.78, 5) is 26.2. The number of benzene rings is 2. The van der Waals surface area contributed by atoms with Gasteiger partial charge in [0.25, 0.3) is 5.91 Å². The van der Waals surface area contributed by atoms with Crippen molar-refractivity contribution in [2.24, 2.45) is 5.73 Å². The van der Waals surface area contributed by atoms with Gasteiger partial charge in [-0.25, -0.2) is 0 Å². The van der Waals surface area contributed by atoms with Crippen LogP contribution < -0.4 is 16.4 Å². The summed E-state index contributed by atoms with van der Waals surface area (Å²) in [5, 5.41) is 5.69. The molecule has 2 aromatic carbocycles. The summed E-state index contributed by atoms with van der Waals surface area (Å²) in [5.41, 5.74) is 8.24. The summed E-state index contributed by atoms with van der Waals surface area (Å²) < 4.78 is 0. The molecule has 2 aromatic rings. The van der Waals surface area contributed by atoms with Crippen molar-refractivity contribution in [3.05, 3.63) is 71.3 Å². The Bertz CT molecular complexity index is 725. The number of carbonyl (C=O) groups is 2. The molecule has 154 valence electrons. The number of carbonyl (C=O) groups excluding carboxylic acids is 2. The number of nitrogens with two attached hydrogens (primary N) is 1. The van der Waals surface area contributed by atoms with E-state index in [0.29, 0.717) is 18.7 Å². The monoisotopic (exact) mass is 426 g/mol. The minimum atomic E-state index is -0.696. The maximum atomic E-state index is 12.2. The lowest BCUT2D eigenvalue weighted by Crippen LogP contribution is -2.33. The van der Waals surface area contributed by atoms with Gasteiger partial charge in [0, 0.05) is 25.2 Å². The van der Waals surface area contributed by atoms with E-state index in [-0.39, 0.29) is 36.6 Å². The topological polar surface area (TPSA) is 87.5 Å². The van der Waals surface area contributed by atoms with E-state index in [1.807, 2.05) is 61.5 Å². The molecule has 0 aliphatic heterocycles. The van der Waals surface area contributed by atoms with Gasteiger partial charge >= 0.3 is 0 Å². The summed E-state index contributed by atoms with van der Waals surface area (Å²) in [6, 6.07) is 15.7. The van der Waals surface area contributed by atoms with E-state index < -0.39 is 6.04 Å². The van der Waals surface area contributed by atoms with Gasteiger partial charge in [-0.15, -0.1) is 24.8 Å². The van der Waals surface area contributed by atoms with E-state index in [2.05, 4.69) is 10.6 Å². The fraction of sp³-hybridized carbons (Fsp3) is 0.300. The van der Waals surface area contributed by atoms with Gasteiger partial charge < -0.3 is 21.3 Å². The number of hydrogen-bond acceptors (Lipinski definition) is 4. The third-order valence-corrected chi connectivity index (χ3v) is 3.97. The van der Waals surface area contributed by atoms with E-state index in [4.69, 9.17) is 5.73 Å². The molecular formula is C20H28Cl2N4O2. The molecule has 0 saturated heterocycles. The highest BCUT2D eigenvalue weighted by Crippen LogP contribution is 2.10. The molecule has 0 spiro atoms. The lowest BCUT2D eigenvalue weighted by molar-refractivity contribution is -0.122. The summed E-state index contributed by atoms with van der Waals surface area (Å²) in [6.45, 7) is 1.75. The molecule has 0 fully saturated rings. The van der Waals surface area contributed by atoms with E-state index in [1.165, 1.54) is 0 Å². The Morgan fingerprint density at radius 1 is 0.964 bits per heavy atom. The van der Waals surface area contributed by atoms with Crippen molar-refractivity contribution >= 4 is 36.6 Å². The zero-order valence-corrected chi connectivity index (χ0v) is 17.7. The SMILES string of the molecule is CN(C)CCNC(=O)c1ccc(CNC(=O)C(N)c2ccccc2)cc1.Cl.Cl. The second-order valence-electron chi connectivity index (χ2n) is 6.36. The van der Waals surface area contributed by atoms with Crippen LogP contribution in [0.25, 0.3) is 0 Å². The molecule has 1 atom stereocenters. The van der Waals surface area contributed by atoms with E-state index >= 15 is 0 Å². The fourth-order valence-electron chi connectivity index (χ4n) is 2.38. The Morgan fingerprint density at radius 3 is 2.14 bits per heavy atom. The minimum Gasteiger partial charge on any atom is -0.351 e. The molecule has 8 heteroatoms. The van der Waals surface area contributed by atoms with Crippen LogP contribution in [0.1, 0.15) is 27.5 Å². The molecule has 1 unspecified atom stereocenters. The first-order valence-electron chi connectivity index (χ1n) is 8.57. The van der Waals surface area contributed by atoms with Crippen molar-refractivity contribution in [2.75, 3.05) is 27.2 Å². The Kier molecular flexibility index (Phi) is 12.1. The van der Waals surface area contributed by atoms with Crippen molar-refractivity contribution in [1.82, 2.24) is 15.5 Å². The number of halogens is 2. The smallest absolute Gasteiger partial charge is 0.251 e. The number of hydrogen-bond donors (Lipinski definition) is 3. The first-order valence-corrected chi connectivity index (χ1v) is 8.57. The van der Waals surface area contributed by atoms with Crippen LogP contribution in [0.3, 0.4) is 0 Å². The molecule has 0 radical (unpaired) electrons. The van der Waals surface area contributed by atoms with Crippen molar-refractivity contribution in [3.8, 4) is 0 Å². The van der Waals surface area contributed by atoms with Crippen LogP contribution >= 0.6 is 24.8 Å². The van der Waals surface area contributed by atoms with E-state index in [1.54, 1.807) is 12.1 Å². The average Bonchev–Trinajstić information content (AvgIpc) is 2.66. The number of nitrogens with zero attached hydrogens (tertiary/aromatic N) is 1. The molecule has 0 aliphatic carbocycles. The van der Waals surface area contributed by atoms with Crippen LogP contribution in [-0.2, 0) is 11.3 Å². The van der Waals surface area contributed by atoms with Gasteiger partial charge in [0.2, 0.25) is 5.91 Å². The highest BCUT2D eigenvalue weighted by Gasteiger charge is 2.14. The molecule has 0 aromatic heterocycles. The maximum Gasteiger partial charge on any atom is 0.251 e. The Balaban J connectivity index is 0.00000364. The zero-order chi connectivity index (χ0) is 18.9. The summed E-state index contributed by atoms with van der Waals surface area (Å²) in [5.74, 6) is -0.338. The van der Waals surface area contributed by atoms with Crippen molar-refractivity contribution in [3.63, 3.8) is 0 Å². The normalized spacial score (nSPS) is 11.0. The minimum absolute atomic E-state index is 0. The first kappa shape index (κ1) is 25.9. The number of likely N-dealkylation sites (N-methyl/N-ethyl adjacent to an activating group) is 1. The standard InChI is InChI=1S/C20H26N4O2.2ClH/c1-24(2)13-12-22-19(25)17-10-8-15(9-11-17)14-23-20(26)18(21)16-6-4-3-5-7-16;;/h3-11,18H,12-14,21H2,1-2H3,(H,22,25)(H,23,26);2*1H. The molecule has 0 saturated carbocycles. The molecule has 0 heterocycles. The van der Waals surface area contributed by atoms with Crippen molar-refractivity contribution in [1.29, 1.82) is 0 Å². The van der Waals surface area contributed by atoms with Gasteiger partial charge in [-0.3, -0.25) is 9.59 Å². The number of rotatable bonds is 8. The summed E-state index contributed by atoms with van der Waals surface area (Å²) >= 11 is 0. The van der Waals surface area contributed by atoms with Gasteiger partial charge in [-0.2, -0.15) is 0 Å². The van der Waals surface area contributed by atoms with Crippen molar-refractivity contribution in [2.45, 2.75) is 12.6 Å². The second-order valence-corrected chi connectivity index (χ2v) is 6.36. The molecule has 4 N–H and O–H groups in total. The quantitative estimate of drug-likeness (QED) is 0.603. The zero-order valence-electron chi connectivity index (χ0n) is 16.1. The average molecular weight is 427 g/mol. The largest absolute Gasteiger partial charge is 0.351 e. The molecule has 6 nitrogen and oxygen atoms in total. The van der Waals surface area contributed by atoms with E-state index in [0.717, 1.165) is 17.7 Å². The molecule has 28 heavy (non-hydrogen) atoms. The summed E-state index contributed by atoms with van der Waals surface area (Å²) in [7, 11) is 3.91. The predicted octanol–water partition coefficient (Wildman–Crippen LogP) is 2.14. The first-order chi connectivity index (χ1) is 12.5. The fourth-order valence-corrected chi connectivity index (χ4v) is 2.38. The molecule has 0 bridgehead atoms. The van der Waals surface area contributed by atoms with Crippen LogP contribution in [0.2, 0.25) is 0 Å². The molecule has 2 amide bonds. The van der Waals surface area contributed by atoms with Gasteiger partial charge in [0.1, 0.15) is 6.04 Å². The lowest BCUT2D eigenvalue weighted by atomic mass is 10.1. The van der Waals surface area contributed by atoms with Gasteiger partial charge in [-0.05, 0) is 37.4 Å². The molecule has 0 aliphatic rings. The van der Waals surface area contributed by atoms with Crippen molar-refractivity contribution < 1.29 is 9.59 Å². The predicted molar refractivity (Wildman–Crippen MR) is 117 cm³/mol. The molecular weight excluding hydrogens is 399 g/mol. The highest BCUT2D eigenvalue weighted by molar-refractivity contribution is 5.94. The van der Waals surface area contributed by atoms with E-state index in [9.17, 15) is 9.59 Å². The Morgan fingerprint density at radius 2 is 1.57 bits per heavy atom. The molecule has 2 rings (SSSR count). The number of nitrogens with one attached hydrogen (secondary N) is 2. The lowest BCUT2D eigenvalue weighted by Gasteiger charge is -2.13. The van der Waals surface area contributed by atoms with Crippen LogP contribution in [0, 0.1) is 0 Å². The van der Waals surface area contributed by atoms with Gasteiger partial charge in [0.15, 0.2) is 0 Å². The van der Waals surface area contributed by atoms with Crippen LogP contribution in [0.4, 0.5) is 0 Å². The summed E-state index contributed by atoms with van der Waals surface area (Å²) in [6.07, 6.45) is 0.